The molecular weight excluding hydrogens is 490 g/mol. The largest absolute Gasteiger partial charge is 0.368 e. The van der Waals surface area contributed by atoms with Gasteiger partial charge in [0.25, 0.3) is 0 Å². The van der Waals surface area contributed by atoms with Crippen LogP contribution >= 0.6 is 12.2 Å². The summed E-state index contributed by atoms with van der Waals surface area (Å²) in [4.78, 5) is 17.1. The zero-order valence-corrected chi connectivity index (χ0v) is 23.2. The van der Waals surface area contributed by atoms with E-state index in [1.807, 2.05) is 0 Å². The van der Waals surface area contributed by atoms with Crippen molar-refractivity contribution < 1.29 is 0 Å². The van der Waals surface area contributed by atoms with Crippen LogP contribution in [0.2, 0.25) is 0 Å². The molecule has 0 bridgehead atoms. The first-order chi connectivity index (χ1) is 18.7. The number of benzene rings is 2. The van der Waals surface area contributed by atoms with Crippen molar-refractivity contribution in [1.29, 1.82) is 0 Å². The van der Waals surface area contributed by atoms with Gasteiger partial charge in [-0.3, -0.25) is 0 Å². The predicted octanol–water partition coefficient (Wildman–Crippen LogP) is 5.10. The fourth-order valence-electron chi connectivity index (χ4n) is 5.34. The van der Waals surface area contributed by atoms with Gasteiger partial charge in [-0.15, -0.1) is 0 Å². The molecule has 3 aromatic rings. The molecule has 8 heteroatoms. The minimum Gasteiger partial charge on any atom is -0.368 e. The lowest BCUT2D eigenvalue weighted by molar-refractivity contribution is 0.481. The van der Waals surface area contributed by atoms with Crippen molar-refractivity contribution in [2.24, 2.45) is 0 Å². The summed E-state index contributed by atoms with van der Waals surface area (Å²) in [5.41, 5.74) is 2.63. The third kappa shape index (κ3) is 6.92. The topological polar surface area (TPSA) is 59.6 Å². The maximum absolute atomic E-state index is 5.62. The molecule has 5 rings (SSSR count). The van der Waals surface area contributed by atoms with Crippen LogP contribution in [0.15, 0.2) is 66.7 Å². The molecule has 200 valence electrons. The molecule has 0 spiro atoms. The Morgan fingerprint density at radius 3 is 2.29 bits per heavy atom. The highest BCUT2D eigenvalue weighted by Crippen LogP contribution is 2.28. The average molecular weight is 530 g/mol. The number of anilines is 4. The van der Waals surface area contributed by atoms with Crippen LogP contribution in [0.1, 0.15) is 38.2 Å². The first kappa shape index (κ1) is 26.2. The van der Waals surface area contributed by atoms with E-state index in [2.05, 4.69) is 99.0 Å². The minimum absolute atomic E-state index is 0.470. The second-order valence-corrected chi connectivity index (χ2v) is 10.6. The van der Waals surface area contributed by atoms with E-state index in [1.165, 1.54) is 30.5 Å². The van der Waals surface area contributed by atoms with Gasteiger partial charge in [0.2, 0.25) is 5.95 Å². The van der Waals surface area contributed by atoms with E-state index < -0.39 is 0 Å². The molecule has 2 N–H and O–H groups in total. The Bertz CT molecular complexity index is 1170. The monoisotopic (exact) mass is 529 g/mol. The second kappa shape index (κ2) is 12.9. The third-order valence-corrected chi connectivity index (χ3v) is 7.76. The number of nitrogens with zero attached hydrogens (tertiary/aromatic N) is 5. The summed E-state index contributed by atoms with van der Waals surface area (Å²) in [6, 6.07) is 23.8. The molecule has 1 unspecified atom stereocenters. The smallest absolute Gasteiger partial charge is 0.232 e. The molecule has 2 aliphatic heterocycles. The Morgan fingerprint density at radius 1 is 0.868 bits per heavy atom. The zero-order chi connectivity index (χ0) is 26.2. The van der Waals surface area contributed by atoms with Crippen molar-refractivity contribution in [2.45, 2.75) is 45.1 Å². The molecule has 2 aromatic carbocycles. The number of hydrogen-bond donors (Lipinski definition) is 2. The molecule has 2 aliphatic rings. The fourth-order valence-corrected chi connectivity index (χ4v) is 5.54. The first-order valence-electron chi connectivity index (χ1n) is 14.0. The number of para-hydroxylation sites is 1. The van der Waals surface area contributed by atoms with Crippen molar-refractivity contribution in [3.63, 3.8) is 0 Å². The summed E-state index contributed by atoms with van der Waals surface area (Å²) in [7, 11) is 0. The van der Waals surface area contributed by atoms with Gasteiger partial charge < -0.3 is 25.3 Å². The van der Waals surface area contributed by atoms with Crippen LogP contribution in [-0.2, 0) is 6.42 Å². The molecule has 3 heterocycles. The van der Waals surface area contributed by atoms with Crippen molar-refractivity contribution >= 4 is 40.6 Å². The Balaban J connectivity index is 1.25. The number of thiocarbonyl (C=S) groups is 1. The maximum atomic E-state index is 5.62. The van der Waals surface area contributed by atoms with Crippen molar-refractivity contribution in [3.8, 4) is 0 Å². The van der Waals surface area contributed by atoms with Crippen LogP contribution in [0.3, 0.4) is 0 Å². The van der Waals surface area contributed by atoms with Crippen molar-refractivity contribution in [2.75, 3.05) is 59.3 Å². The molecule has 38 heavy (non-hydrogen) atoms. The molecule has 7 nitrogen and oxygen atoms in total. The summed E-state index contributed by atoms with van der Waals surface area (Å²) in [6.45, 7) is 7.90. The molecule has 2 fully saturated rings. The molecule has 0 radical (unpaired) electrons. The highest BCUT2D eigenvalue weighted by Gasteiger charge is 2.24. The molecule has 0 aliphatic carbocycles. The number of piperazine rings is 1. The predicted molar refractivity (Wildman–Crippen MR) is 163 cm³/mol. The van der Waals surface area contributed by atoms with Crippen molar-refractivity contribution in [3.05, 3.63) is 72.3 Å². The normalized spacial score (nSPS) is 17.8. The summed E-state index contributed by atoms with van der Waals surface area (Å²) < 4.78 is 0. The van der Waals surface area contributed by atoms with E-state index in [4.69, 9.17) is 22.2 Å². The molecule has 1 atom stereocenters. The van der Waals surface area contributed by atoms with Gasteiger partial charge in [0.15, 0.2) is 5.11 Å². The quantitative estimate of drug-likeness (QED) is 0.309. The lowest BCUT2D eigenvalue weighted by Gasteiger charge is -2.38. The number of aromatic nitrogens is 2. The number of nitrogens with one attached hydrogen (secondary N) is 2. The number of hydrogen-bond acceptors (Lipinski definition) is 6. The summed E-state index contributed by atoms with van der Waals surface area (Å²) in [5, 5.41) is 7.19. The number of aryl methyl sites for hydroxylation is 1. The maximum Gasteiger partial charge on any atom is 0.232 e. The van der Waals surface area contributed by atoms with E-state index in [9.17, 15) is 0 Å². The summed E-state index contributed by atoms with van der Waals surface area (Å²) >= 11 is 5.62. The van der Waals surface area contributed by atoms with Gasteiger partial charge in [0, 0.05) is 57.1 Å². The molecule has 1 aromatic heterocycles. The lowest BCUT2D eigenvalue weighted by Crippen LogP contribution is -2.47. The van der Waals surface area contributed by atoms with Crippen LogP contribution in [0.4, 0.5) is 23.3 Å². The summed E-state index contributed by atoms with van der Waals surface area (Å²) in [6.07, 6.45) is 5.70. The Kier molecular flexibility index (Phi) is 8.91. The van der Waals surface area contributed by atoms with E-state index in [-0.39, 0.29) is 0 Å². The highest BCUT2D eigenvalue weighted by molar-refractivity contribution is 7.80. The van der Waals surface area contributed by atoms with Crippen LogP contribution in [0.25, 0.3) is 0 Å². The van der Waals surface area contributed by atoms with Crippen LogP contribution in [0.5, 0.6) is 0 Å². The minimum atomic E-state index is 0.470. The van der Waals surface area contributed by atoms with Gasteiger partial charge >= 0.3 is 0 Å². The van der Waals surface area contributed by atoms with Gasteiger partial charge in [0.05, 0.1) is 0 Å². The number of rotatable bonds is 8. The lowest BCUT2D eigenvalue weighted by atomic mass is 10.0. The van der Waals surface area contributed by atoms with Gasteiger partial charge in [-0.2, -0.15) is 9.97 Å². The second-order valence-electron chi connectivity index (χ2n) is 10.2. The third-order valence-electron chi connectivity index (χ3n) is 7.52. The van der Waals surface area contributed by atoms with Crippen molar-refractivity contribution in [1.82, 2.24) is 15.3 Å². The van der Waals surface area contributed by atoms with E-state index in [1.54, 1.807) is 0 Å². The van der Waals surface area contributed by atoms with E-state index in [0.29, 0.717) is 17.1 Å². The zero-order valence-electron chi connectivity index (χ0n) is 22.4. The van der Waals surface area contributed by atoms with Crippen LogP contribution in [-0.4, -0.2) is 60.4 Å². The SMILES string of the molecule is CC1CCCCN1c1cc(N2CCN(c3ccccc3)CC2)nc(NC(=S)NCCCc2ccccc2)n1. The fraction of sp³-hybridized carbons (Fsp3) is 0.433. The highest BCUT2D eigenvalue weighted by atomic mass is 32.1. The summed E-state index contributed by atoms with van der Waals surface area (Å²) in [5.74, 6) is 2.53. The van der Waals surface area contributed by atoms with Gasteiger partial charge in [-0.1, -0.05) is 48.5 Å². The molecule has 0 saturated carbocycles. The van der Waals surface area contributed by atoms with Crippen LogP contribution in [0, 0.1) is 0 Å². The van der Waals surface area contributed by atoms with Gasteiger partial charge in [-0.25, -0.2) is 0 Å². The van der Waals surface area contributed by atoms with E-state index >= 15 is 0 Å². The molecule has 0 amide bonds. The Labute approximate surface area is 232 Å². The molecular formula is C30H39N7S. The average Bonchev–Trinajstić information content (AvgIpc) is 2.96. The Hall–Kier alpha value is -3.39. The number of piperidine rings is 1. The first-order valence-corrected chi connectivity index (χ1v) is 14.4. The van der Waals surface area contributed by atoms with E-state index in [0.717, 1.165) is 63.7 Å². The van der Waals surface area contributed by atoms with Crippen LogP contribution < -0.4 is 25.3 Å². The standard InChI is InChI=1S/C30H39N7S/c1-24-11-8-9-18-37(24)28-23-27(36-21-19-35(20-22-36)26-15-6-3-7-16-26)32-29(33-28)34-30(38)31-17-10-14-25-12-4-2-5-13-25/h2-7,12-13,15-16,23-24H,8-11,14,17-22H2,1H3,(H2,31,32,33,34,38). The van der Waals surface area contributed by atoms with Gasteiger partial charge in [-0.05, 0) is 68.9 Å². The molecule has 2 saturated heterocycles. The van der Waals surface area contributed by atoms with Gasteiger partial charge in [0.1, 0.15) is 11.6 Å². The Morgan fingerprint density at radius 2 is 1.55 bits per heavy atom.